The van der Waals surface area contributed by atoms with Crippen LogP contribution in [0.25, 0.3) is 0 Å². The van der Waals surface area contributed by atoms with Crippen molar-refractivity contribution in [1.82, 2.24) is 5.32 Å². The van der Waals surface area contributed by atoms with Crippen LogP contribution in [0.2, 0.25) is 0 Å². The van der Waals surface area contributed by atoms with E-state index >= 15 is 0 Å². The van der Waals surface area contributed by atoms with E-state index in [1.165, 1.54) is 5.56 Å². The van der Waals surface area contributed by atoms with Crippen LogP contribution < -0.4 is 5.32 Å². The molecule has 1 rings (SSSR count). The van der Waals surface area contributed by atoms with Crippen LogP contribution in [0.1, 0.15) is 31.4 Å². The lowest BCUT2D eigenvalue weighted by Crippen LogP contribution is -2.35. The Labute approximate surface area is 104 Å². The largest absolute Gasteiger partial charge is 0.396 e. The molecule has 0 saturated heterocycles. The van der Waals surface area contributed by atoms with E-state index in [9.17, 15) is 0 Å². The van der Waals surface area contributed by atoms with Crippen molar-refractivity contribution in [2.45, 2.75) is 31.8 Å². The van der Waals surface area contributed by atoms with Crippen LogP contribution in [0.4, 0.5) is 0 Å². The Morgan fingerprint density at radius 2 is 2.00 bits per heavy atom. The summed E-state index contributed by atoms with van der Waals surface area (Å²) in [7, 11) is 1.71. The fraction of sp³-hybridized carbons (Fsp3) is 0.571. The first kappa shape index (κ1) is 14.2. The minimum atomic E-state index is 0.192. The summed E-state index contributed by atoms with van der Waals surface area (Å²) in [6.45, 7) is 2.99. The third-order valence-corrected chi connectivity index (χ3v) is 2.94. The van der Waals surface area contributed by atoms with Gasteiger partial charge in [-0.15, -0.1) is 0 Å². The molecule has 0 aliphatic heterocycles. The van der Waals surface area contributed by atoms with Crippen LogP contribution in [0.3, 0.4) is 0 Å². The molecule has 0 aliphatic carbocycles. The van der Waals surface area contributed by atoms with Crippen molar-refractivity contribution in [3.8, 4) is 0 Å². The van der Waals surface area contributed by atoms with Gasteiger partial charge in [-0.2, -0.15) is 0 Å². The lowest BCUT2D eigenvalue weighted by Gasteiger charge is -2.24. The predicted octanol–water partition coefficient (Wildman–Crippen LogP) is 2.12. The van der Waals surface area contributed by atoms with E-state index in [1.807, 2.05) is 18.2 Å². The van der Waals surface area contributed by atoms with Crippen LogP contribution in [0.15, 0.2) is 30.3 Å². The van der Waals surface area contributed by atoms with E-state index in [-0.39, 0.29) is 12.6 Å². The Morgan fingerprint density at radius 1 is 1.29 bits per heavy atom. The Bertz CT molecular complexity index is 290. The van der Waals surface area contributed by atoms with Crippen molar-refractivity contribution in [2.75, 3.05) is 20.3 Å². The molecular weight excluding hydrogens is 214 g/mol. The zero-order valence-corrected chi connectivity index (χ0v) is 10.7. The third kappa shape index (κ3) is 4.86. The highest BCUT2D eigenvalue weighted by molar-refractivity contribution is 5.19. The van der Waals surface area contributed by atoms with Gasteiger partial charge in [0.15, 0.2) is 0 Å². The second-order valence-corrected chi connectivity index (χ2v) is 4.20. The molecular formula is C14H23NO2. The molecule has 17 heavy (non-hydrogen) atoms. The molecule has 0 radical (unpaired) electrons. The maximum absolute atomic E-state index is 9.01. The van der Waals surface area contributed by atoms with Gasteiger partial charge in [0, 0.05) is 19.8 Å². The molecule has 3 nitrogen and oxygen atoms in total. The summed E-state index contributed by atoms with van der Waals surface area (Å²) >= 11 is 0. The van der Waals surface area contributed by atoms with Crippen LogP contribution in [0, 0.1) is 0 Å². The number of methoxy groups -OCH3 is 1. The van der Waals surface area contributed by atoms with Crippen LogP contribution in [-0.2, 0) is 4.74 Å². The average Bonchev–Trinajstić information content (AvgIpc) is 2.38. The molecule has 0 bridgehead atoms. The lowest BCUT2D eigenvalue weighted by atomic mass is 10.0. The molecule has 1 aromatic rings. The molecule has 3 heteroatoms. The standard InChI is InChI=1S/C14H23NO2/c1-3-13(9-10-16)15-14(11-17-2)12-7-5-4-6-8-12/h4-8,13-16H,3,9-11H2,1-2H3. The van der Waals surface area contributed by atoms with Gasteiger partial charge in [0.25, 0.3) is 0 Å². The van der Waals surface area contributed by atoms with E-state index in [1.54, 1.807) is 7.11 Å². The fourth-order valence-corrected chi connectivity index (χ4v) is 1.94. The molecule has 0 saturated carbocycles. The third-order valence-electron chi connectivity index (χ3n) is 2.94. The molecule has 0 amide bonds. The van der Waals surface area contributed by atoms with Crippen molar-refractivity contribution in [3.05, 3.63) is 35.9 Å². The van der Waals surface area contributed by atoms with Gasteiger partial charge < -0.3 is 15.2 Å². The maximum Gasteiger partial charge on any atom is 0.0657 e. The Morgan fingerprint density at radius 3 is 2.53 bits per heavy atom. The minimum absolute atomic E-state index is 0.192. The van der Waals surface area contributed by atoms with E-state index in [0.717, 1.165) is 12.8 Å². The van der Waals surface area contributed by atoms with Gasteiger partial charge in [-0.05, 0) is 18.4 Å². The van der Waals surface area contributed by atoms with E-state index in [4.69, 9.17) is 9.84 Å². The summed E-state index contributed by atoms with van der Waals surface area (Å²) in [5.41, 5.74) is 1.23. The first-order chi connectivity index (χ1) is 8.31. The van der Waals surface area contributed by atoms with Gasteiger partial charge in [0.05, 0.1) is 12.6 Å². The summed E-state index contributed by atoms with van der Waals surface area (Å²) in [5, 5.41) is 12.5. The molecule has 0 spiro atoms. The second kappa shape index (κ2) is 8.23. The molecule has 96 valence electrons. The molecule has 0 fully saturated rings. The summed E-state index contributed by atoms with van der Waals surface area (Å²) < 4.78 is 5.26. The number of nitrogens with one attached hydrogen (secondary N) is 1. The van der Waals surface area contributed by atoms with Crippen molar-refractivity contribution >= 4 is 0 Å². The number of hydrogen-bond acceptors (Lipinski definition) is 3. The van der Waals surface area contributed by atoms with Crippen molar-refractivity contribution in [3.63, 3.8) is 0 Å². The number of rotatable bonds is 8. The summed E-state index contributed by atoms with van der Waals surface area (Å²) in [6, 6.07) is 10.8. The van der Waals surface area contributed by atoms with Crippen LogP contribution >= 0.6 is 0 Å². The first-order valence-electron chi connectivity index (χ1n) is 6.22. The molecule has 0 heterocycles. The summed E-state index contributed by atoms with van der Waals surface area (Å²) in [4.78, 5) is 0. The smallest absolute Gasteiger partial charge is 0.0657 e. The van der Waals surface area contributed by atoms with Crippen molar-refractivity contribution in [2.24, 2.45) is 0 Å². The van der Waals surface area contributed by atoms with Crippen molar-refractivity contribution < 1.29 is 9.84 Å². The molecule has 2 unspecified atom stereocenters. The minimum Gasteiger partial charge on any atom is -0.396 e. The monoisotopic (exact) mass is 237 g/mol. The van der Waals surface area contributed by atoms with Gasteiger partial charge in [-0.3, -0.25) is 0 Å². The Hall–Kier alpha value is -0.900. The average molecular weight is 237 g/mol. The van der Waals surface area contributed by atoms with Gasteiger partial charge in [-0.25, -0.2) is 0 Å². The van der Waals surface area contributed by atoms with E-state index in [2.05, 4.69) is 24.4 Å². The van der Waals surface area contributed by atoms with Gasteiger partial charge >= 0.3 is 0 Å². The highest BCUT2D eigenvalue weighted by atomic mass is 16.5. The fourth-order valence-electron chi connectivity index (χ4n) is 1.94. The Kier molecular flexibility index (Phi) is 6.86. The number of hydrogen-bond donors (Lipinski definition) is 2. The van der Waals surface area contributed by atoms with E-state index < -0.39 is 0 Å². The predicted molar refractivity (Wildman–Crippen MR) is 70.0 cm³/mol. The van der Waals surface area contributed by atoms with Gasteiger partial charge in [-0.1, -0.05) is 37.3 Å². The molecule has 2 N–H and O–H groups in total. The molecule has 0 aromatic heterocycles. The molecule has 1 aromatic carbocycles. The number of aliphatic hydroxyl groups is 1. The Balaban J connectivity index is 2.65. The molecule has 0 aliphatic rings. The van der Waals surface area contributed by atoms with Crippen molar-refractivity contribution in [1.29, 1.82) is 0 Å². The summed E-state index contributed by atoms with van der Waals surface area (Å²) in [5.74, 6) is 0. The summed E-state index contributed by atoms with van der Waals surface area (Å²) in [6.07, 6.45) is 1.79. The zero-order valence-electron chi connectivity index (χ0n) is 10.7. The molecule has 2 atom stereocenters. The van der Waals surface area contributed by atoms with Gasteiger partial charge in [0.2, 0.25) is 0 Å². The van der Waals surface area contributed by atoms with Crippen LogP contribution in [0.5, 0.6) is 0 Å². The second-order valence-electron chi connectivity index (χ2n) is 4.20. The highest BCUT2D eigenvalue weighted by Crippen LogP contribution is 2.15. The SMILES string of the molecule is CCC(CCO)NC(COC)c1ccccc1. The maximum atomic E-state index is 9.01. The van der Waals surface area contributed by atoms with Crippen LogP contribution in [-0.4, -0.2) is 31.5 Å². The van der Waals surface area contributed by atoms with Gasteiger partial charge in [0.1, 0.15) is 0 Å². The topological polar surface area (TPSA) is 41.5 Å². The number of benzene rings is 1. The zero-order chi connectivity index (χ0) is 12.5. The normalized spacial score (nSPS) is 14.5. The highest BCUT2D eigenvalue weighted by Gasteiger charge is 2.15. The quantitative estimate of drug-likeness (QED) is 0.727. The lowest BCUT2D eigenvalue weighted by molar-refractivity contribution is 0.155. The number of aliphatic hydroxyl groups excluding tert-OH is 1. The first-order valence-corrected chi connectivity index (χ1v) is 6.22. The number of ether oxygens (including phenoxy) is 1. The van der Waals surface area contributed by atoms with E-state index in [0.29, 0.717) is 12.6 Å².